The summed E-state index contributed by atoms with van der Waals surface area (Å²) in [5.41, 5.74) is 9.16. The molecule has 4 rings (SSSR count). The highest BCUT2D eigenvalue weighted by Crippen LogP contribution is 2.35. The molecule has 1 aliphatic rings. The van der Waals surface area contributed by atoms with Crippen molar-refractivity contribution in [2.24, 2.45) is 5.73 Å². The number of ether oxygens (including phenoxy) is 1. The summed E-state index contributed by atoms with van der Waals surface area (Å²) < 4.78 is 32.7. The molecule has 0 spiro atoms. The molecule has 7 heteroatoms. The Morgan fingerprint density at radius 3 is 2.62 bits per heavy atom. The molecule has 2 heterocycles. The van der Waals surface area contributed by atoms with E-state index >= 15 is 0 Å². The van der Waals surface area contributed by atoms with Crippen molar-refractivity contribution in [3.8, 4) is 5.75 Å². The number of nitrogens with zero attached hydrogens (tertiary/aromatic N) is 2. The molecule has 0 saturated carbocycles. The average molecular weight is 395 g/mol. The van der Waals surface area contributed by atoms with Crippen LogP contribution in [-0.2, 0) is 12.8 Å². The molecule has 0 bridgehead atoms. The maximum absolute atomic E-state index is 14.0. The number of hydrogen-bond donors (Lipinski definition) is 1. The van der Waals surface area contributed by atoms with Crippen LogP contribution in [0.3, 0.4) is 0 Å². The quantitative estimate of drug-likeness (QED) is 0.714. The van der Waals surface area contributed by atoms with Crippen LogP contribution in [0.4, 0.5) is 20.3 Å². The van der Waals surface area contributed by atoms with E-state index in [1.165, 1.54) is 19.2 Å². The highest BCUT2D eigenvalue weighted by molar-refractivity contribution is 5.96. The number of carbonyl (C=O) groups excluding carboxylic acids is 1. The van der Waals surface area contributed by atoms with E-state index < -0.39 is 17.5 Å². The van der Waals surface area contributed by atoms with Gasteiger partial charge in [0.15, 0.2) is 17.4 Å². The van der Waals surface area contributed by atoms with Gasteiger partial charge in [0.05, 0.1) is 7.11 Å². The molecule has 1 amide bonds. The molecule has 0 aliphatic carbocycles. The first-order valence-corrected chi connectivity index (χ1v) is 9.14. The van der Waals surface area contributed by atoms with Crippen molar-refractivity contribution in [2.45, 2.75) is 12.8 Å². The number of rotatable bonds is 5. The summed E-state index contributed by atoms with van der Waals surface area (Å²) >= 11 is 0. The van der Waals surface area contributed by atoms with Crippen LogP contribution in [0.1, 0.15) is 27.0 Å². The lowest BCUT2D eigenvalue weighted by Crippen LogP contribution is -2.15. The van der Waals surface area contributed by atoms with Crippen LogP contribution < -0.4 is 15.4 Å². The summed E-state index contributed by atoms with van der Waals surface area (Å²) in [5.74, 6) is -1.59. The van der Waals surface area contributed by atoms with E-state index in [9.17, 15) is 13.6 Å². The minimum atomic E-state index is -0.732. The summed E-state index contributed by atoms with van der Waals surface area (Å²) in [6, 6.07) is 11.7. The lowest BCUT2D eigenvalue weighted by molar-refractivity contribution is 0.0999. The van der Waals surface area contributed by atoms with Gasteiger partial charge in [-0.05, 0) is 65.9 Å². The molecule has 1 aromatic heterocycles. The van der Waals surface area contributed by atoms with Crippen molar-refractivity contribution >= 4 is 17.4 Å². The number of nitrogens with two attached hydrogens (primary N) is 1. The maximum Gasteiger partial charge on any atom is 0.249 e. The van der Waals surface area contributed by atoms with Crippen LogP contribution in [0.2, 0.25) is 0 Å². The fourth-order valence-electron chi connectivity index (χ4n) is 3.77. The SMILES string of the molecule is COc1c(F)cc(Cc2ccnc(N3CCc4c(C(N)=O)cccc43)c2)cc1F. The second kappa shape index (κ2) is 7.50. The van der Waals surface area contributed by atoms with Gasteiger partial charge in [-0.3, -0.25) is 4.79 Å². The predicted molar refractivity (Wildman–Crippen MR) is 106 cm³/mol. The van der Waals surface area contributed by atoms with E-state index in [4.69, 9.17) is 10.5 Å². The van der Waals surface area contributed by atoms with E-state index in [0.717, 1.165) is 16.8 Å². The molecule has 0 radical (unpaired) electrons. The van der Waals surface area contributed by atoms with Gasteiger partial charge in [0.2, 0.25) is 5.91 Å². The molecule has 1 aliphatic heterocycles. The summed E-state index contributed by atoms with van der Waals surface area (Å²) in [6.45, 7) is 0.669. The molecule has 0 fully saturated rings. The number of anilines is 2. The van der Waals surface area contributed by atoms with Crippen molar-refractivity contribution in [3.05, 3.63) is 82.5 Å². The molecule has 148 valence electrons. The number of aromatic nitrogens is 1. The molecule has 2 N–H and O–H groups in total. The second-order valence-corrected chi connectivity index (χ2v) is 6.86. The summed E-state index contributed by atoms with van der Waals surface area (Å²) in [7, 11) is 1.23. The number of halogens is 2. The van der Waals surface area contributed by atoms with Gasteiger partial charge in [-0.25, -0.2) is 13.8 Å². The normalized spacial score (nSPS) is 12.7. The first kappa shape index (κ1) is 18.9. The number of fused-ring (bicyclic) bond motifs is 1. The minimum absolute atomic E-state index is 0.343. The number of benzene rings is 2. The van der Waals surface area contributed by atoms with Crippen molar-refractivity contribution in [2.75, 3.05) is 18.6 Å². The number of methoxy groups -OCH3 is 1. The highest BCUT2D eigenvalue weighted by Gasteiger charge is 2.25. The molecular formula is C22H19F2N3O2. The van der Waals surface area contributed by atoms with Gasteiger partial charge in [0, 0.05) is 24.0 Å². The minimum Gasteiger partial charge on any atom is -0.491 e. The largest absolute Gasteiger partial charge is 0.491 e. The lowest BCUT2D eigenvalue weighted by Gasteiger charge is -2.19. The molecular weight excluding hydrogens is 376 g/mol. The second-order valence-electron chi connectivity index (χ2n) is 6.86. The van der Waals surface area contributed by atoms with Crippen LogP contribution >= 0.6 is 0 Å². The Kier molecular flexibility index (Phi) is 4.88. The van der Waals surface area contributed by atoms with E-state index in [1.807, 2.05) is 17.0 Å². The zero-order valence-corrected chi connectivity index (χ0v) is 15.8. The Morgan fingerprint density at radius 1 is 1.17 bits per heavy atom. The zero-order chi connectivity index (χ0) is 20.5. The molecule has 0 atom stereocenters. The third-order valence-corrected chi connectivity index (χ3v) is 5.05. The number of pyridine rings is 1. The fourth-order valence-corrected chi connectivity index (χ4v) is 3.77. The Balaban J connectivity index is 1.63. The zero-order valence-electron chi connectivity index (χ0n) is 15.8. The predicted octanol–water partition coefficient (Wildman–Crippen LogP) is 3.75. The fraction of sp³-hybridized carbons (Fsp3) is 0.182. The molecule has 0 saturated heterocycles. The van der Waals surface area contributed by atoms with E-state index in [2.05, 4.69) is 4.98 Å². The number of primary amides is 1. The Labute approximate surface area is 166 Å². The lowest BCUT2D eigenvalue weighted by atomic mass is 10.0. The van der Waals surface area contributed by atoms with E-state index in [-0.39, 0.29) is 5.75 Å². The smallest absolute Gasteiger partial charge is 0.249 e. The first-order valence-electron chi connectivity index (χ1n) is 9.14. The van der Waals surface area contributed by atoms with Gasteiger partial charge in [0.1, 0.15) is 5.82 Å². The van der Waals surface area contributed by atoms with E-state index in [0.29, 0.717) is 36.3 Å². The first-order chi connectivity index (χ1) is 14.0. The summed E-state index contributed by atoms with van der Waals surface area (Å²) in [5, 5.41) is 0. The number of hydrogen-bond acceptors (Lipinski definition) is 4. The van der Waals surface area contributed by atoms with Crippen LogP contribution in [0.5, 0.6) is 5.75 Å². The molecule has 0 unspecified atom stereocenters. The molecule has 29 heavy (non-hydrogen) atoms. The van der Waals surface area contributed by atoms with Crippen molar-refractivity contribution in [1.82, 2.24) is 4.98 Å². The molecule has 5 nitrogen and oxygen atoms in total. The monoisotopic (exact) mass is 395 g/mol. The van der Waals surface area contributed by atoms with Gasteiger partial charge in [-0.1, -0.05) is 6.07 Å². The van der Waals surface area contributed by atoms with Gasteiger partial charge in [-0.15, -0.1) is 0 Å². The van der Waals surface area contributed by atoms with Crippen molar-refractivity contribution < 1.29 is 18.3 Å². The maximum atomic E-state index is 14.0. The van der Waals surface area contributed by atoms with Crippen molar-refractivity contribution in [3.63, 3.8) is 0 Å². The van der Waals surface area contributed by atoms with Gasteiger partial charge < -0.3 is 15.4 Å². The van der Waals surface area contributed by atoms with Crippen LogP contribution in [0.25, 0.3) is 0 Å². The van der Waals surface area contributed by atoms with Gasteiger partial charge in [0.25, 0.3) is 0 Å². The highest BCUT2D eigenvalue weighted by atomic mass is 19.1. The van der Waals surface area contributed by atoms with Crippen molar-refractivity contribution in [1.29, 1.82) is 0 Å². The van der Waals surface area contributed by atoms with Crippen LogP contribution in [-0.4, -0.2) is 24.5 Å². The van der Waals surface area contributed by atoms with Gasteiger partial charge >= 0.3 is 0 Å². The standard InChI is InChI=1S/C22H19F2N3O2/c1-29-21-17(23)10-14(11-18(21)24)9-13-5-7-26-20(12-13)27-8-6-15-16(22(25)28)3-2-4-19(15)27/h2-5,7,10-12H,6,8-9H2,1H3,(H2,25,28). The topological polar surface area (TPSA) is 68.4 Å². The van der Waals surface area contributed by atoms with Gasteiger partial charge in [-0.2, -0.15) is 0 Å². The number of amides is 1. The Hall–Kier alpha value is -3.48. The number of carbonyl (C=O) groups is 1. The third-order valence-electron chi connectivity index (χ3n) is 5.05. The average Bonchev–Trinajstić information content (AvgIpc) is 3.12. The third kappa shape index (κ3) is 3.51. The summed E-state index contributed by atoms with van der Waals surface area (Å²) in [4.78, 5) is 18.1. The Bertz CT molecular complexity index is 1080. The van der Waals surface area contributed by atoms with Crippen LogP contribution in [0, 0.1) is 11.6 Å². The summed E-state index contributed by atoms with van der Waals surface area (Å²) in [6.07, 6.45) is 2.70. The molecule has 3 aromatic rings. The van der Waals surface area contributed by atoms with E-state index in [1.54, 1.807) is 24.4 Å². The Morgan fingerprint density at radius 2 is 1.93 bits per heavy atom. The molecule has 2 aromatic carbocycles. The van der Waals surface area contributed by atoms with Crippen LogP contribution in [0.15, 0.2) is 48.7 Å².